The van der Waals surface area contributed by atoms with Gasteiger partial charge in [0, 0.05) is 19.4 Å². The summed E-state index contributed by atoms with van der Waals surface area (Å²) >= 11 is 0. The highest BCUT2D eigenvalue weighted by Gasteiger charge is 2.75. The van der Waals surface area contributed by atoms with Gasteiger partial charge in [0.1, 0.15) is 24.4 Å². The van der Waals surface area contributed by atoms with Gasteiger partial charge in [0.25, 0.3) is 0 Å². The van der Waals surface area contributed by atoms with Crippen molar-refractivity contribution >= 4 is 16.0 Å². The van der Waals surface area contributed by atoms with Crippen LogP contribution < -0.4 is 5.32 Å². The number of hydrogen-bond donors (Lipinski definition) is 1. The predicted octanol–water partition coefficient (Wildman–Crippen LogP) is 5.58. The number of amides is 1. The lowest BCUT2D eigenvalue weighted by Gasteiger charge is -2.33. The van der Waals surface area contributed by atoms with E-state index in [0.717, 1.165) is 12.8 Å². The molecule has 2 unspecified atom stereocenters. The number of allylic oxidation sites excluding steroid dienone is 2. The Hall–Kier alpha value is -1.68. The van der Waals surface area contributed by atoms with Gasteiger partial charge >= 0.3 is 33.5 Å². The van der Waals surface area contributed by atoms with Gasteiger partial charge in [-0.2, -0.15) is 43.5 Å². The topological polar surface area (TPSA) is 128 Å². The summed E-state index contributed by atoms with van der Waals surface area (Å²) in [6.45, 7) is 7.37. The average molecular weight is 736 g/mol. The summed E-state index contributed by atoms with van der Waals surface area (Å²) in [7, 11) is -6.98. The van der Waals surface area contributed by atoms with E-state index in [1.54, 1.807) is 0 Å². The highest BCUT2D eigenvalue weighted by atomic mass is 32.2. The van der Waals surface area contributed by atoms with Gasteiger partial charge in [-0.3, -0.25) is 8.98 Å². The molecule has 3 heterocycles. The predicted molar refractivity (Wildman–Crippen MR) is 148 cm³/mol. The van der Waals surface area contributed by atoms with Crippen LogP contribution in [0.15, 0.2) is 12.2 Å². The number of fused-ring (bicyclic) bond motifs is 1. The number of hydrogen-bond acceptors (Lipinski definition) is 10. The second-order valence-electron chi connectivity index (χ2n) is 12.4. The van der Waals surface area contributed by atoms with E-state index in [1.807, 2.05) is 19.1 Å². The van der Waals surface area contributed by atoms with E-state index in [9.17, 15) is 48.3 Å². The molecule has 0 spiro atoms. The minimum Gasteiger partial charge on any atom is -0.356 e. The molecule has 1 N–H and O–H groups in total. The van der Waals surface area contributed by atoms with Gasteiger partial charge in [-0.25, -0.2) is 4.74 Å². The van der Waals surface area contributed by atoms with Crippen LogP contribution in [0.25, 0.3) is 0 Å². The fourth-order valence-corrected chi connectivity index (χ4v) is 6.05. The first kappa shape index (κ1) is 40.7. The third kappa shape index (κ3) is 9.55. The quantitative estimate of drug-likeness (QED) is 0.0825. The second-order valence-corrected chi connectivity index (χ2v) is 14.0. The van der Waals surface area contributed by atoms with Crippen molar-refractivity contribution in [1.82, 2.24) is 5.32 Å². The Morgan fingerprint density at radius 2 is 1.56 bits per heavy atom. The Morgan fingerprint density at radius 1 is 0.896 bits per heavy atom. The SMILES string of the molecule is C/C=C/CCCCNC(=O)CCCCC(F)(F)C(F)(F)OC(F)(F)C(F)(F)S(=O)(=O)OC1[C@@H](C2COC(C)(C)O2)O[C@@H]2OC(C)(C)O[C@@H]12. The molecule has 0 aliphatic carbocycles. The van der Waals surface area contributed by atoms with E-state index < -0.39 is 94.5 Å². The summed E-state index contributed by atoms with van der Waals surface area (Å²) < 4.78 is 176. The first-order valence-electron chi connectivity index (χ1n) is 15.2. The number of halogens is 8. The number of carbonyl (C=O) groups excluding carboxylic acids is 1. The molecule has 48 heavy (non-hydrogen) atoms. The summed E-state index contributed by atoms with van der Waals surface area (Å²) in [5.41, 5.74) is 0. The summed E-state index contributed by atoms with van der Waals surface area (Å²) in [6.07, 6.45) is -18.7. The van der Waals surface area contributed by atoms with Crippen molar-refractivity contribution in [1.29, 1.82) is 0 Å². The maximum Gasteiger partial charge on any atom is 0.460 e. The van der Waals surface area contributed by atoms with E-state index in [1.165, 1.54) is 27.7 Å². The molecule has 3 aliphatic rings. The first-order valence-corrected chi connectivity index (χ1v) is 16.6. The van der Waals surface area contributed by atoms with Crippen molar-refractivity contribution in [2.24, 2.45) is 0 Å². The molecule has 20 heteroatoms. The molecule has 3 rings (SSSR count). The third-order valence-corrected chi connectivity index (χ3v) is 8.84. The van der Waals surface area contributed by atoms with E-state index in [0.29, 0.717) is 6.42 Å². The molecule has 11 nitrogen and oxygen atoms in total. The first-order chi connectivity index (χ1) is 21.9. The smallest absolute Gasteiger partial charge is 0.356 e. The molecule has 0 aromatic rings. The van der Waals surface area contributed by atoms with Crippen molar-refractivity contribution in [3.8, 4) is 0 Å². The largest absolute Gasteiger partial charge is 0.460 e. The lowest BCUT2D eigenvalue weighted by Crippen LogP contribution is -2.57. The van der Waals surface area contributed by atoms with Crippen molar-refractivity contribution in [2.75, 3.05) is 13.2 Å². The fraction of sp³-hybridized carbons (Fsp3) is 0.893. The molecule has 0 bridgehead atoms. The highest BCUT2D eigenvalue weighted by molar-refractivity contribution is 7.87. The van der Waals surface area contributed by atoms with Crippen LogP contribution in [0.5, 0.6) is 0 Å². The molecule has 0 radical (unpaired) electrons. The molecule has 1 amide bonds. The average Bonchev–Trinajstić information content (AvgIpc) is 3.56. The second kappa shape index (κ2) is 14.9. The number of alkyl halides is 8. The monoisotopic (exact) mass is 735 g/mol. The summed E-state index contributed by atoms with van der Waals surface area (Å²) in [6, 6.07) is 0. The third-order valence-electron chi connectivity index (χ3n) is 7.50. The molecule has 0 saturated carbocycles. The zero-order valence-corrected chi connectivity index (χ0v) is 27.7. The van der Waals surface area contributed by atoms with Gasteiger partial charge in [0.05, 0.1) is 6.61 Å². The summed E-state index contributed by atoms with van der Waals surface area (Å²) in [4.78, 5) is 11.8. The van der Waals surface area contributed by atoms with Gasteiger partial charge in [0.2, 0.25) is 5.91 Å². The zero-order valence-electron chi connectivity index (χ0n) is 26.9. The maximum atomic E-state index is 14.9. The van der Waals surface area contributed by atoms with Gasteiger partial charge in [-0.15, -0.1) is 0 Å². The zero-order chi connectivity index (χ0) is 36.4. The van der Waals surface area contributed by atoms with Crippen LogP contribution in [-0.4, -0.2) is 93.2 Å². The molecule has 3 saturated heterocycles. The lowest BCUT2D eigenvalue weighted by molar-refractivity contribution is -0.456. The van der Waals surface area contributed by atoms with Crippen molar-refractivity contribution in [3.05, 3.63) is 12.2 Å². The number of nitrogens with one attached hydrogen (secondary N) is 1. The molecular weight excluding hydrogens is 694 g/mol. The van der Waals surface area contributed by atoms with Gasteiger partial charge < -0.3 is 29.0 Å². The van der Waals surface area contributed by atoms with Crippen molar-refractivity contribution < 1.29 is 80.9 Å². The minimum absolute atomic E-state index is 0.282. The number of rotatable bonds is 18. The van der Waals surface area contributed by atoms with E-state index >= 15 is 0 Å². The van der Waals surface area contributed by atoms with E-state index in [4.69, 9.17) is 23.7 Å². The van der Waals surface area contributed by atoms with Crippen LogP contribution >= 0.6 is 0 Å². The van der Waals surface area contributed by atoms with Crippen LogP contribution in [0, 0.1) is 0 Å². The number of carbonyl (C=O) groups is 1. The summed E-state index contributed by atoms with van der Waals surface area (Å²) in [5.74, 6) is -8.81. The minimum atomic E-state index is -6.98. The fourth-order valence-electron chi connectivity index (χ4n) is 5.09. The standard InChI is InChI=1S/C28H41F8NO10S/c1-6-7-8-9-12-15-37-18(38)13-10-11-14-25(29,30)26(31,32)47-27(33,34)28(35,36)48(39,40)46-20-19(17-16-41-23(2,3)43-17)42-22-21(20)44-24(4,5)45-22/h6-7,17,19-22H,8-16H2,1-5H3,(H,37,38)/b7-6+/t17?,19-,20?,21+,22-/m1/s1. The molecule has 280 valence electrons. The Morgan fingerprint density at radius 3 is 2.17 bits per heavy atom. The van der Waals surface area contributed by atoms with Crippen LogP contribution in [0.2, 0.25) is 0 Å². The van der Waals surface area contributed by atoms with E-state index in [2.05, 4.69) is 14.2 Å². The molecule has 0 aromatic heterocycles. The normalized spacial score (nSPS) is 27.9. The van der Waals surface area contributed by atoms with Gasteiger partial charge in [0.15, 0.2) is 17.9 Å². The Kier molecular flexibility index (Phi) is 12.6. The van der Waals surface area contributed by atoms with Gasteiger partial charge in [-0.05, 0) is 66.7 Å². The Bertz CT molecular complexity index is 1250. The van der Waals surface area contributed by atoms with Crippen LogP contribution in [0.4, 0.5) is 35.1 Å². The molecule has 3 aliphatic heterocycles. The number of ether oxygens (including phenoxy) is 6. The Balaban J connectivity index is 1.64. The highest BCUT2D eigenvalue weighted by Crippen LogP contribution is 2.50. The molecule has 5 atom stereocenters. The van der Waals surface area contributed by atoms with E-state index in [-0.39, 0.29) is 26.0 Å². The van der Waals surface area contributed by atoms with Gasteiger partial charge in [-0.1, -0.05) is 12.2 Å². The lowest BCUT2D eigenvalue weighted by atomic mass is 10.1. The molecule has 3 fully saturated rings. The van der Waals surface area contributed by atoms with Crippen molar-refractivity contribution in [3.63, 3.8) is 0 Å². The van der Waals surface area contributed by atoms with Crippen molar-refractivity contribution in [2.45, 2.75) is 145 Å². The molecule has 0 aromatic carbocycles. The van der Waals surface area contributed by atoms with Crippen LogP contribution in [0.3, 0.4) is 0 Å². The Labute approximate surface area is 273 Å². The maximum absolute atomic E-state index is 14.9. The number of unbranched alkanes of at least 4 members (excludes halogenated alkanes) is 3. The van der Waals surface area contributed by atoms with Crippen LogP contribution in [-0.2, 0) is 47.5 Å². The van der Waals surface area contributed by atoms with Crippen LogP contribution in [0.1, 0.15) is 79.6 Å². The molecular formula is C28H41F8NO10S. The summed E-state index contributed by atoms with van der Waals surface area (Å²) in [5, 5.41) is -4.14.